The van der Waals surface area contributed by atoms with Crippen molar-refractivity contribution in [2.45, 2.75) is 13.1 Å². The van der Waals surface area contributed by atoms with Crippen molar-refractivity contribution in [3.8, 4) is 5.69 Å². The number of nitrogens with zero attached hydrogens (tertiary/aromatic N) is 6. The van der Waals surface area contributed by atoms with Crippen LogP contribution in [0, 0.1) is 0 Å². The molecule has 9 heteroatoms. The molecule has 0 radical (unpaired) electrons. The Balaban J connectivity index is 1.51. The molecule has 0 bridgehead atoms. The molecule has 1 aromatic carbocycles. The summed E-state index contributed by atoms with van der Waals surface area (Å²) in [5.41, 5.74) is 2.06. The Kier molecular flexibility index (Phi) is 3.53. The molecule has 0 saturated carbocycles. The van der Waals surface area contributed by atoms with Crippen LogP contribution >= 0.6 is 0 Å². The third kappa shape index (κ3) is 2.75. The molecule has 1 N–H and O–H groups in total. The van der Waals surface area contributed by atoms with E-state index in [2.05, 4.69) is 15.2 Å². The first-order chi connectivity index (χ1) is 12.1. The molecule has 4 rings (SSSR count). The summed E-state index contributed by atoms with van der Waals surface area (Å²) >= 11 is 0. The van der Waals surface area contributed by atoms with Crippen molar-refractivity contribution in [1.82, 2.24) is 29.4 Å². The van der Waals surface area contributed by atoms with Crippen molar-refractivity contribution in [3.05, 3.63) is 59.9 Å². The molecule has 3 heterocycles. The Morgan fingerprint density at radius 3 is 2.68 bits per heavy atom. The summed E-state index contributed by atoms with van der Waals surface area (Å²) in [4.78, 5) is 29.2. The van der Waals surface area contributed by atoms with Gasteiger partial charge in [0, 0.05) is 19.2 Å². The highest BCUT2D eigenvalue weighted by atomic mass is 16.4. The predicted molar refractivity (Wildman–Crippen MR) is 85.3 cm³/mol. The number of amides is 1. The van der Waals surface area contributed by atoms with E-state index in [0.717, 1.165) is 11.3 Å². The molecular weight excluding hydrogens is 324 g/mol. The van der Waals surface area contributed by atoms with Crippen molar-refractivity contribution in [3.63, 3.8) is 0 Å². The van der Waals surface area contributed by atoms with Gasteiger partial charge in [0.15, 0.2) is 5.69 Å². The second kappa shape index (κ2) is 5.86. The molecule has 1 aliphatic heterocycles. The molecule has 0 spiro atoms. The van der Waals surface area contributed by atoms with E-state index >= 15 is 0 Å². The molecule has 0 aliphatic carbocycles. The van der Waals surface area contributed by atoms with E-state index in [1.165, 1.54) is 17.1 Å². The van der Waals surface area contributed by atoms with Crippen molar-refractivity contribution in [1.29, 1.82) is 0 Å². The monoisotopic (exact) mass is 338 g/mol. The number of hydrogen-bond donors (Lipinski definition) is 1. The van der Waals surface area contributed by atoms with Gasteiger partial charge < -0.3 is 10.0 Å². The fourth-order valence-electron chi connectivity index (χ4n) is 2.81. The summed E-state index contributed by atoms with van der Waals surface area (Å²) in [6, 6.07) is 9.00. The quantitative estimate of drug-likeness (QED) is 0.755. The number of carbonyl (C=O) groups excluding carboxylic acids is 1. The van der Waals surface area contributed by atoms with E-state index in [1.54, 1.807) is 15.9 Å². The van der Waals surface area contributed by atoms with Crippen LogP contribution in [0.3, 0.4) is 0 Å². The maximum absolute atomic E-state index is 12.6. The second-order valence-corrected chi connectivity index (χ2v) is 5.68. The number of carbonyl (C=O) groups is 2. The minimum Gasteiger partial charge on any atom is -0.476 e. The van der Waals surface area contributed by atoms with Crippen LogP contribution in [-0.2, 0) is 13.1 Å². The molecule has 126 valence electrons. The third-order valence-corrected chi connectivity index (χ3v) is 4.08. The largest absolute Gasteiger partial charge is 0.476 e. The first-order valence-electron chi connectivity index (χ1n) is 7.66. The Bertz CT molecular complexity index is 929. The molecule has 0 fully saturated rings. The summed E-state index contributed by atoms with van der Waals surface area (Å²) in [5.74, 6) is -1.35. The highest BCUT2D eigenvalue weighted by molar-refractivity contribution is 5.96. The van der Waals surface area contributed by atoms with Gasteiger partial charge in [0.05, 0.1) is 12.2 Å². The average molecular weight is 338 g/mol. The number of aromatic nitrogens is 5. The van der Waals surface area contributed by atoms with Crippen LogP contribution in [0.15, 0.2) is 43.0 Å². The maximum Gasteiger partial charge on any atom is 0.356 e. The SMILES string of the molecule is O=C(O)c1cc2n(n1)CCN(Cc1ccc(-n3cncn3)cc1)C2=O. The highest BCUT2D eigenvalue weighted by Gasteiger charge is 2.27. The zero-order chi connectivity index (χ0) is 17.4. The lowest BCUT2D eigenvalue weighted by Crippen LogP contribution is -2.39. The van der Waals surface area contributed by atoms with Crippen LogP contribution < -0.4 is 0 Å². The van der Waals surface area contributed by atoms with Gasteiger partial charge >= 0.3 is 5.97 Å². The van der Waals surface area contributed by atoms with E-state index < -0.39 is 5.97 Å². The summed E-state index contributed by atoms with van der Waals surface area (Å²) in [5, 5.41) is 17.0. The number of hydrogen-bond acceptors (Lipinski definition) is 5. The van der Waals surface area contributed by atoms with Crippen LogP contribution in [0.4, 0.5) is 0 Å². The van der Waals surface area contributed by atoms with Gasteiger partial charge in [0.2, 0.25) is 0 Å². The van der Waals surface area contributed by atoms with Gasteiger partial charge in [-0.05, 0) is 17.7 Å². The minimum atomic E-state index is -1.13. The Hall–Kier alpha value is -3.49. The van der Waals surface area contributed by atoms with Crippen molar-refractivity contribution in [2.24, 2.45) is 0 Å². The molecule has 1 aliphatic rings. The zero-order valence-corrected chi connectivity index (χ0v) is 13.1. The third-order valence-electron chi connectivity index (χ3n) is 4.08. The van der Waals surface area contributed by atoms with Gasteiger partial charge in [-0.1, -0.05) is 12.1 Å². The summed E-state index contributed by atoms with van der Waals surface area (Å²) in [7, 11) is 0. The van der Waals surface area contributed by atoms with E-state index in [9.17, 15) is 9.59 Å². The number of aromatic carboxylic acids is 1. The first kappa shape index (κ1) is 15.1. The molecule has 25 heavy (non-hydrogen) atoms. The molecular formula is C16H14N6O3. The number of carboxylic acids is 1. The van der Waals surface area contributed by atoms with Crippen LogP contribution in [0.2, 0.25) is 0 Å². The van der Waals surface area contributed by atoms with E-state index in [0.29, 0.717) is 25.3 Å². The standard InChI is InChI=1S/C16H14N6O3/c23-15-14-7-13(16(24)25)19-21(14)6-5-20(15)8-11-1-3-12(4-2-11)22-10-17-9-18-22/h1-4,7,9-10H,5-6,8H2,(H,24,25). The maximum atomic E-state index is 12.6. The van der Waals surface area contributed by atoms with Crippen molar-refractivity contribution in [2.75, 3.05) is 6.54 Å². The molecule has 3 aromatic rings. The smallest absolute Gasteiger partial charge is 0.356 e. The van der Waals surface area contributed by atoms with Gasteiger partial charge in [0.1, 0.15) is 18.3 Å². The number of benzene rings is 1. The van der Waals surface area contributed by atoms with Crippen LogP contribution in [0.25, 0.3) is 5.69 Å². The molecule has 1 amide bonds. The molecule has 0 saturated heterocycles. The Morgan fingerprint density at radius 1 is 1.20 bits per heavy atom. The molecule has 2 aromatic heterocycles. The van der Waals surface area contributed by atoms with Gasteiger partial charge in [-0.2, -0.15) is 10.2 Å². The summed E-state index contributed by atoms with van der Waals surface area (Å²) in [6.07, 6.45) is 3.08. The Labute approximate surface area is 142 Å². The normalized spacial score (nSPS) is 13.8. The van der Waals surface area contributed by atoms with Crippen LogP contribution in [0.1, 0.15) is 26.5 Å². The van der Waals surface area contributed by atoms with E-state index in [1.807, 2.05) is 24.3 Å². The molecule has 9 nitrogen and oxygen atoms in total. The predicted octanol–water partition coefficient (Wildman–Crippen LogP) is 0.818. The van der Waals surface area contributed by atoms with Crippen molar-refractivity contribution >= 4 is 11.9 Å². The van der Waals surface area contributed by atoms with Crippen LogP contribution in [0.5, 0.6) is 0 Å². The Morgan fingerprint density at radius 2 is 2.00 bits per heavy atom. The number of fused-ring (bicyclic) bond motifs is 1. The molecule has 0 unspecified atom stereocenters. The fourth-order valence-corrected chi connectivity index (χ4v) is 2.81. The van der Waals surface area contributed by atoms with Crippen molar-refractivity contribution < 1.29 is 14.7 Å². The topological polar surface area (TPSA) is 106 Å². The van der Waals surface area contributed by atoms with E-state index in [4.69, 9.17) is 5.11 Å². The van der Waals surface area contributed by atoms with Gasteiger partial charge in [-0.15, -0.1) is 0 Å². The summed E-state index contributed by atoms with van der Waals surface area (Å²) < 4.78 is 3.11. The van der Waals surface area contributed by atoms with Gasteiger partial charge in [0.25, 0.3) is 5.91 Å². The second-order valence-electron chi connectivity index (χ2n) is 5.68. The lowest BCUT2D eigenvalue weighted by molar-refractivity contribution is 0.0671. The minimum absolute atomic E-state index is 0.109. The zero-order valence-electron chi connectivity index (χ0n) is 13.1. The highest BCUT2D eigenvalue weighted by Crippen LogP contribution is 2.17. The first-order valence-corrected chi connectivity index (χ1v) is 7.66. The van der Waals surface area contributed by atoms with Gasteiger partial charge in [-0.25, -0.2) is 14.5 Å². The van der Waals surface area contributed by atoms with Crippen LogP contribution in [-0.4, -0.2) is 53.0 Å². The van der Waals surface area contributed by atoms with E-state index in [-0.39, 0.29) is 11.6 Å². The number of rotatable bonds is 4. The summed E-state index contributed by atoms with van der Waals surface area (Å²) in [6.45, 7) is 1.41. The lowest BCUT2D eigenvalue weighted by Gasteiger charge is -2.27. The van der Waals surface area contributed by atoms with Gasteiger partial charge in [-0.3, -0.25) is 9.48 Å². The number of carboxylic acid groups (broad SMARTS) is 1. The molecule has 0 atom stereocenters. The average Bonchev–Trinajstić information content (AvgIpc) is 3.28. The lowest BCUT2D eigenvalue weighted by atomic mass is 10.1. The fraction of sp³-hybridized carbons (Fsp3) is 0.188.